The number of carboxylic acids is 1. The first-order chi connectivity index (χ1) is 7.69. The van der Waals surface area contributed by atoms with E-state index in [1.165, 1.54) is 19.2 Å². The minimum atomic E-state index is -0.982. The van der Waals surface area contributed by atoms with Gasteiger partial charge in [-0.2, -0.15) is 0 Å². The predicted octanol–water partition coefficient (Wildman–Crippen LogP) is 1.79. The Morgan fingerprint density at radius 2 is 2.25 bits per heavy atom. The van der Waals surface area contributed by atoms with E-state index >= 15 is 0 Å². The van der Waals surface area contributed by atoms with Crippen LogP contribution in [0.3, 0.4) is 0 Å². The lowest BCUT2D eigenvalue weighted by atomic mass is 10.1. The molecule has 1 aromatic rings. The van der Waals surface area contributed by atoms with Gasteiger partial charge >= 0.3 is 5.97 Å². The van der Waals surface area contributed by atoms with Crippen molar-refractivity contribution < 1.29 is 19.7 Å². The summed E-state index contributed by atoms with van der Waals surface area (Å²) in [6, 6.07) is 4.67. The number of hydrogen-bond acceptors (Lipinski definition) is 3. The third-order valence-corrected chi connectivity index (χ3v) is 2.07. The van der Waals surface area contributed by atoms with Crippen LogP contribution in [0.5, 0.6) is 5.75 Å². The lowest BCUT2D eigenvalue weighted by Crippen LogP contribution is -1.97. The van der Waals surface area contributed by atoms with Crippen molar-refractivity contribution in [3.05, 3.63) is 35.4 Å². The standard InChI is InChI=1S/C12H14O4/c1-16-11-8-10(12(14)15)6-5-9(11)4-2-3-7-13/h2,4-6,8,13H,3,7H2,1H3,(H,14,15). The molecule has 0 atom stereocenters. The molecule has 0 aromatic heterocycles. The van der Waals surface area contributed by atoms with Gasteiger partial charge in [0, 0.05) is 12.2 Å². The van der Waals surface area contributed by atoms with Crippen LogP contribution in [0, 0.1) is 0 Å². The van der Waals surface area contributed by atoms with E-state index in [1.807, 2.05) is 0 Å². The van der Waals surface area contributed by atoms with Crippen LogP contribution in [0.1, 0.15) is 22.3 Å². The Morgan fingerprint density at radius 3 is 2.81 bits per heavy atom. The Bertz CT molecular complexity index is 396. The molecule has 0 spiro atoms. The van der Waals surface area contributed by atoms with E-state index in [4.69, 9.17) is 14.9 Å². The molecule has 0 radical (unpaired) electrons. The number of aliphatic hydroxyl groups is 1. The molecule has 0 aliphatic rings. The largest absolute Gasteiger partial charge is 0.496 e. The minimum Gasteiger partial charge on any atom is -0.496 e. The lowest BCUT2D eigenvalue weighted by Gasteiger charge is -2.05. The van der Waals surface area contributed by atoms with Gasteiger partial charge in [0.25, 0.3) is 0 Å². The fourth-order valence-corrected chi connectivity index (χ4v) is 1.27. The lowest BCUT2D eigenvalue weighted by molar-refractivity contribution is 0.0696. The Labute approximate surface area is 93.8 Å². The molecule has 4 nitrogen and oxygen atoms in total. The minimum absolute atomic E-state index is 0.0893. The molecule has 0 bridgehead atoms. The van der Waals surface area contributed by atoms with Crippen molar-refractivity contribution in [3.8, 4) is 5.75 Å². The third-order valence-electron chi connectivity index (χ3n) is 2.07. The van der Waals surface area contributed by atoms with Crippen LogP contribution < -0.4 is 4.74 Å². The van der Waals surface area contributed by atoms with E-state index in [2.05, 4.69) is 0 Å². The Kier molecular flexibility index (Phi) is 4.54. The topological polar surface area (TPSA) is 66.8 Å². The van der Waals surface area contributed by atoms with Crippen molar-refractivity contribution in [2.24, 2.45) is 0 Å². The Hall–Kier alpha value is -1.81. The van der Waals surface area contributed by atoms with Crippen molar-refractivity contribution in [1.29, 1.82) is 0 Å². The highest BCUT2D eigenvalue weighted by Crippen LogP contribution is 2.21. The van der Waals surface area contributed by atoms with Gasteiger partial charge in [0.2, 0.25) is 0 Å². The number of methoxy groups -OCH3 is 1. The predicted molar refractivity (Wildman–Crippen MR) is 60.7 cm³/mol. The number of ether oxygens (including phenoxy) is 1. The van der Waals surface area contributed by atoms with Crippen LogP contribution in [-0.4, -0.2) is 29.9 Å². The van der Waals surface area contributed by atoms with Crippen LogP contribution in [0.15, 0.2) is 24.3 Å². The number of aliphatic hydroxyl groups excluding tert-OH is 1. The maximum absolute atomic E-state index is 10.7. The number of carbonyl (C=O) groups is 1. The molecule has 4 heteroatoms. The molecule has 0 unspecified atom stereocenters. The van der Waals surface area contributed by atoms with Crippen LogP contribution in [0.25, 0.3) is 6.08 Å². The zero-order valence-corrected chi connectivity index (χ0v) is 9.01. The third kappa shape index (κ3) is 3.10. The van der Waals surface area contributed by atoms with Gasteiger partial charge in [-0.05, 0) is 18.6 Å². The number of rotatable bonds is 5. The highest BCUT2D eigenvalue weighted by molar-refractivity contribution is 5.88. The van der Waals surface area contributed by atoms with Gasteiger partial charge in [-0.25, -0.2) is 4.79 Å². The molecule has 0 saturated heterocycles. The molecule has 0 heterocycles. The normalized spacial score (nSPS) is 10.6. The average Bonchev–Trinajstić information content (AvgIpc) is 2.29. The van der Waals surface area contributed by atoms with Gasteiger partial charge < -0.3 is 14.9 Å². The summed E-state index contributed by atoms with van der Waals surface area (Å²) < 4.78 is 5.09. The SMILES string of the molecule is COc1cc(C(=O)O)ccc1C=CCCO. The molecule has 86 valence electrons. The monoisotopic (exact) mass is 222 g/mol. The molecular weight excluding hydrogens is 208 g/mol. The summed E-state index contributed by atoms with van der Waals surface area (Å²) in [5, 5.41) is 17.4. The highest BCUT2D eigenvalue weighted by atomic mass is 16.5. The quantitative estimate of drug-likeness (QED) is 0.797. The van der Waals surface area contributed by atoms with E-state index in [-0.39, 0.29) is 12.2 Å². The number of carboxylic acid groups (broad SMARTS) is 1. The summed E-state index contributed by atoms with van der Waals surface area (Å²) in [7, 11) is 1.49. The summed E-state index contributed by atoms with van der Waals surface area (Å²) in [4.78, 5) is 10.7. The second-order valence-corrected chi connectivity index (χ2v) is 3.18. The number of hydrogen-bond donors (Lipinski definition) is 2. The maximum Gasteiger partial charge on any atom is 0.335 e. The van der Waals surface area contributed by atoms with Crippen molar-refractivity contribution >= 4 is 12.0 Å². The average molecular weight is 222 g/mol. The summed E-state index contributed by atoms with van der Waals surface area (Å²) >= 11 is 0. The highest BCUT2D eigenvalue weighted by Gasteiger charge is 2.06. The summed E-state index contributed by atoms with van der Waals surface area (Å²) in [5.74, 6) is -0.474. The van der Waals surface area contributed by atoms with Crippen LogP contribution in [-0.2, 0) is 0 Å². The summed E-state index contributed by atoms with van der Waals surface area (Å²) in [6.45, 7) is 0.0893. The van der Waals surface area contributed by atoms with E-state index < -0.39 is 5.97 Å². The number of benzene rings is 1. The zero-order chi connectivity index (χ0) is 12.0. The first-order valence-electron chi connectivity index (χ1n) is 4.87. The van der Waals surface area contributed by atoms with Crippen molar-refractivity contribution in [1.82, 2.24) is 0 Å². The van der Waals surface area contributed by atoms with Crippen LogP contribution >= 0.6 is 0 Å². The molecule has 0 aliphatic carbocycles. The van der Waals surface area contributed by atoms with Gasteiger partial charge in [-0.1, -0.05) is 18.2 Å². The summed E-state index contributed by atoms with van der Waals surface area (Å²) in [6.07, 6.45) is 4.16. The molecule has 16 heavy (non-hydrogen) atoms. The molecule has 2 N–H and O–H groups in total. The van der Waals surface area contributed by atoms with Gasteiger partial charge in [0.15, 0.2) is 0 Å². The molecule has 0 aliphatic heterocycles. The second-order valence-electron chi connectivity index (χ2n) is 3.18. The first kappa shape index (κ1) is 12.3. The van der Waals surface area contributed by atoms with Gasteiger partial charge in [-0.15, -0.1) is 0 Å². The maximum atomic E-state index is 10.7. The fraction of sp³-hybridized carbons (Fsp3) is 0.250. The molecule has 0 fully saturated rings. The zero-order valence-electron chi connectivity index (χ0n) is 9.01. The smallest absolute Gasteiger partial charge is 0.335 e. The van der Waals surface area contributed by atoms with Crippen molar-refractivity contribution in [2.45, 2.75) is 6.42 Å². The Balaban J connectivity index is 2.97. The fourth-order valence-electron chi connectivity index (χ4n) is 1.27. The molecule has 1 aromatic carbocycles. The van der Waals surface area contributed by atoms with E-state index in [1.54, 1.807) is 18.2 Å². The number of aromatic carboxylic acids is 1. The first-order valence-corrected chi connectivity index (χ1v) is 4.87. The molecular formula is C12H14O4. The second kappa shape index (κ2) is 5.92. The van der Waals surface area contributed by atoms with E-state index in [9.17, 15) is 4.79 Å². The Morgan fingerprint density at radius 1 is 1.50 bits per heavy atom. The van der Waals surface area contributed by atoms with Gasteiger partial charge in [0.05, 0.1) is 12.7 Å². The summed E-state index contributed by atoms with van der Waals surface area (Å²) in [5.41, 5.74) is 0.983. The molecule has 0 amide bonds. The van der Waals surface area contributed by atoms with E-state index in [0.29, 0.717) is 12.2 Å². The molecule has 1 rings (SSSR count). The molecule has 0 saturated carbocycles. The van der Waals surface area contributed by atoms with Gasteiger partial charge in [-0.3, -0.25) is 0 Å². The van der Waals surface area contributed by atoms with Crippen molar-refractivity contribution in [3.63, 3.8) is 0 Å². The van der Waals surface area contributed by atoms with Crippen LogP contribution in [0.2, 0.25) is 0 Å². The van der Waals surface area contributed by atoms with Crippen LogP contribution in [0.4, 0.5) is 0 Å². The van der Waals surface area contributed by atoms with Gasteiger partial charge in [0.1, 0.15) is 5.75 Å². The van der Waals surface area contributed by atoms with Crippen molar-refractivity contribution in [2.75, 3.05) is 13.7 Å². The van der Waals surface area contributed by atoms with E-state index in [0.717, 1.165) is 5.56 Å².